The molecule has 0 amide bonds. The average Bonchev–Trinajstić information content (AvgIpc) is 3.48. The molecule has 5 rings (SSSR count). The van der Waals surface area contributed by atoms with Crippen molar-refractivity contribution in [1.82, 2.24) is 19.3 Å². The van der Waals surface area contributed by atoms with E-state index in [0.29, 0.717) is 22.8 Å². The van der Waals surface area contributed by atoms with E-state index in [1.807, 2.05) is 12.1 Å². The van der Waals surface area contributed by atoms with Crippen LogP contribution >= 0.6 is 0 Å². The molecule has 2 saturated heterocycles. The number of nitrogen functional groups attached to an aromatic ring is 1. The molecule has 0 saturated carbocycles. The lowest BCUT2D eigenvalue weighted by molar-refractivity contribution is -0.187. The molecule has 4 heterocycles. The number of aromatic nitrogens is 3. The smallest absolute Gasteiger partial charge is 0.240 e. The Labute approximate surface area is 201 Å². The van der Waals surface area contributed by atoms with E-state index in [2.05, 4.69) is 14.8 Å². The summed E-state index contributed by atoms with van der Waals surface area (Å²) in [6.45, 7) is 3.51. The normalized spacial score (nSPS) is 25.4. The van der Waals surface area contributed by atoms with Crippen molar-refractivity contribution >= 4 is 21.4 Å². The summed E-state index contributed by atoms with van der Waals surface area (Å²) < 4.78 is 53.7. The van der Waals surface area contributed by atoms with Gasteiger partial charge in [-0.05, 0) is 44.2 Å². The van der Waals surface area contributed by atoms with Crippen molar-refractivity contribution in [1.29, 1.82) is 5.26 Å². The highest BCUT2D eigenvalue weighted by molar-refractivity contribution is 7.89. The van der Waals surface area contributed by atoms with Crippen LogP contribution in [0, 0.1) is 11.3 Å². The van der Waals surface area contributed by atoms with Crippen LogP contribution in [0.5, 0.6) is 5.75 Å². The van der Waals surface area contributed by atoms with Crippen molar-refractivity contribution < 1.29 is 27.4 Å². The molecule has 2 aliphatic heterocycles. The Kier molecular flexibility index (Phi) is 5.65. The van der Waals surface area contributed by atoms with E-state index >= 15 is 0 Å². The molecule has 0 unspecified atom stereocenters. The SMILES string of the molecule is COc1ccc(S(=O)(=O)NC[C@H]2O[C@@H](c3ccc4c(N)ncnn34)[C@@H]3OC(C)(C)O[C@@H]32)cc1C#N. The number of hydrogen-bond donors (Lipinski definition) is 2. The monoisotopic (exact) mass is 500 g/mol. The number of ether oxygens (including phenoxy) is 4. The molecule has 12 nitrogen and oxygen atoms in total. The minimum Gasteiger partial charge on any atom is -0.495 e. The van der Waals surface area contributed by atoms with Crippen LogP contribution in [0.3, 0.4) is 0 Å². The van der Waals surface area contributed by atoms with Crippen LogP contribution in [-0.4, -0.2) is 60.8 Å². The van der Waals surface area contributed by atoms with Crippen molar-refractivity contribution in [2.45, 2.75) is 48.9 Å². The third-order valence-corrected chi connectivity index (χ3v) is 7.45. The van der Waals surface area contributed by atoms with Gasteiger partial charge in [-0.25, -0.2) is 22.6 Å². The number of nitrogens with two attached hydrogens (primary N) is 1. The third kappa shape index (κ3) is 4.09. The zero-order chi connectivity index (χ0) is 25.0. The van der Waals surface area contributed by atoms with E-state index in [0.717, 1.165) is 0 Å². The molecule has 35 heavy (non-hydrogen) atoms. The van der Waals surface area contributed by atoms with E-state index in [1.54, 1.807) is 24.4 Å². The first-order valence-electron chi connectivity index (χ1n) is 10.8. The van der Waals surface area contributed by atoms with Gasteiger partial charge in [0.2, 0.25) is 10.0 Å². The summed E-state index contributed by atoms with van der Waals surface area (Å²) in [6, 6.07) is 9.62. The number of sulfonamides is 1. The van der Waals surface area contributed by atoms with Crippen molar-refractivity contribution in [3.8, 4) is 11.8 Å². The summed E-state index contributed by atoms with van der Waals surface area (Å²) in [5.74, 6) is -0.267. The van der Waals surface area contributed by atoms with Gasteiger partial charge in [-0.1, -0.05) is 0 Å². The zero-order valence-electron chi connectivity index (χ0n) is 19.2. The van der Waals surface area contributed by atoms with Crippen LogP contribution in [0.2, 0.25) is 0 Å². The van der Waals surface area contributed by atoms with E-state index < -0.39 is 40.2 Å². The number of hydrogen-bond acceptors (Lipinski definition) is 10. The summed E-state index contributed by atoms with van der Waals surface area (Å²) in [6.07, 6.45) is -0.920. The molecule has 2 aromatic heterocycles. The molecule has 2 aliphatic rings. The molecule has 0 radical (unpaired) electrons. The molecular weight excluding hydrogens is 476 g/mol. The van der Waals surface area contributed by atoms with Gasteiger partial charge in [-0.15, -0.1) is 0 Å². The third-order valence-electron chi connectivity index (χ3n) is 6.03. The fourth-order valence-electron chi connectivity index (χ4n) is 4.49. The van der Waals surface area contributed by atoms with Crippen molar-refractivity contribution in [3.05, 3.63) is 47.9 Å². The lowest BCUT2D eigenvalue weighted by Crippen LogP contribution is -2.39. The van der Waals surface area contributed by atoms with Crippen LogP contribution in [0.15, 0.2) is 41.6 Å². The van der Waals surface area contributed by atoms with Gasteiger partial charge < -0.3 is 24.7 Å². The fraction of sp³-hybridized carbons (Fsp3) is 0.409. The summed E-state index contributed by atoms with van der Waals surface area (Å²) in [4.78, 5) is 3.94. The maximum atomic E-state index is 13.0. The Bertz CT molecular complexity index is 1430. The largest absolute Gasteiger partial charge is 0.495 e. The number of fused-ring (bicyclic) bond motifs is 2. The average molecular weight is 501 g/mol. The predicted octanol–water partition coefficient (Wildman–Crippen LogP) is 1.13. The van der Waals surface area contributed by atoms with E-state index in [1.165, 1.54) is 31.6 Å². The quantitative estimate of drug-likeness (QED) is 0.501. The lowest BCUT2D eigenvalue weighted by Gasteiger charge is -2.24. The van der Waals surface area contributed by atoms with Crippen LogP contribution in [0.25, 0.3) is 5.52 Å². The molecule has 0 bridgehead atoms. The minimum absolute atomic E-state index is 0.0605. The highest BCUT2D eigenvalue weighted by Gasteiger charge is 2.56. The summed E-state index contributed by atoms with van der Waals surface area (Å²) in [7, 11) is -2.54. The van der Waals surface area contributed by atoms with Crippen LogP contribution in [0.4, 0.5) is 5.82 Å². The summed E-state index contributed by atoms with van der Waals surface area (Å²) in [5.41, 5.74) is 7.38. The molecule has 13 heteroatoms. The second-order valence-corrected chi connectivity index (χ2v) is 10.5. The van der Waals surface area contributed by atoms with Gasteiger partial charge in [-0.2, -0.15) is 10.4 Å². The number of benzene rings is 1. The number of nitriles is 1. The van der Waals surface area contributed by atoms with Gasteiger partial charge in [0, 0.05) is 6.54 Å². The van der Waals surface area contributed by atoms with E-state index in [9.17, 15) is 13.7 Å². The Morgan fingerprint density at radius 3 is 2.77 bits per heavy atom. The Morgan fingerprint density at radius 1 is 1.26 bits per heavy atom. The zero-order valence-corrected chi connectivity index (χ0v) is 20.0. The minimum atomic E-state index is -3.95. The van der Waals surface area contributed by atoms with Crippen LogP contribution < -0.4 is 15.2 Å². The van der Waals surface area contributed by atoms with Gasteiger partial charge in [0.15, 0.2) is 11.6 Å². The first kappa shape index (κ1) is 23.5. The molecule has 3 aromatic rings. The van der Waals surface area contributed by atoms with Crippen molar-refractivity contribution in [2.24, 2.45) is 0 Å². The van der Waals surface area contributed by atoms with E-state index in [4.69, 9.17) is 24.7 Å². The number of methoxy groups -OCH3 is 1. The molecule has 2 fully saturated rings. The van der Waals surface area contributed by atoms with Gasteiger partial charge >= 0.3 is 0 Å². The number of nitrogens with one attached hydrogen (secondary N) is 1. The molecule has 0 aliphatic carbocycles. The predicted molar refractivity (Wildman–Crippen MR) is 122 cm³/mol. The lowest BCUT2D eigenvalue weighted by atomic mass is 10.1. The molecule has 1 aromatic carbocycles. The molecular formula is C22H24N6O6S. The van der Waals surface area contributed by atoms with E-state index in [-0.39, 0.29) is 17.0 Å². The Morgan fingerprint density at radius 2 is 2.03 bits per heavy atom. The Hall–Kier alpha value is -3.28. The second kappa shape index (κ2) is 8.43. The van der Waals surface area contributed by atoms with Gasteiger partial charge in [0.25, 0.3) is 0 Å². The maximum absolute atomic E-state index is 13.0. The second-order valence-electron chi connectivity index (χ2n) is 8.69. The molecule has 4 atom stereocenters. The topological polar surface area (TPSA) is 163 Å². The first-order chi connectivity index (χ1) is 16.6. The molecule has 0 spiro atoms. The van der Waals surface area contributed by atoms with Gasteiger partial charge in [-0.3, -0.25) is 0 Å². The highest BCUT2D eigenvalue weighted by Crippen LogP contribution is 2.45. The van der Waals surface area contributed by atoms with Crippen LogP contribution in [0.1, 0.15) is 31.2 Å². The summed E-state index contributed by atoms with van der Waals surface area (Å²) in [5, 5.41) is 13.6. The highest BCUT2D eigenvalue weighted by atomic mass is 32.2. The fourth-order valence-corrected chi connectivity index (χ4v) is 5.56. The molecule has 3 N–H and O–H groups in total. The number of nitrogens with zero attached hydrogens (tertiary/aromatic N) is 4. The Balaban J connectivity index is 1.40. The van der Waals surface area contributed by atoms with Crippen LogP contribution in [-0.2, 0) is 24.2 Å². The van der Waals surface area contributed by atoms with Crippen molar-refractivity contribution in [3.63, 3.8) is 0 Å². The standard InChI is InChI=1S/C22H24N6O6S/c1-22(2)33-19-17(10-27-35(29,30)13-4-7-16(31-3)12(8-13)9-23)32-18(20(19)34-22)14-5-6-15-21(24)25-11-26-28(14)15/h4-8,11,17-20,27H,10H2,1-3H3,(H2,24,25,26)/t17-,18+,19-,20+/m1/s1. The maximum Gasteiger partial charge on any atom is 0.240 e. The van der Waals surface area contributed by atoms with Gasteiger partial charge in [0.1, 0.15) is 48.1 Å². The van der Waals surface area contributed by atoms with Crippen molar-refractivity contribution in [2.75, 3.05) is 19.4 Å². The van der Waals surface area contributed by atoms with Gasteiger partial charge in [0.05, 0.1) is 23.3 Å². The summed E-state index contributed by atoms with van der Waals surface area (Å²) >= 11 is 0. The number of rotatable bonds is 6. The molecule has 184 valence electrons. The first-order valence-corrected chi connectivity index (χ1v) is 12.3. The number of anilines is 1.